The molecule has 1 aliphatic heterocycles. The highest BCUT2D eigenvalue weighted by atomic mass is 16.3. The lowest BCUT2D eigenvalue weighted by Crippen LogP contribution is -2.37. The van der Waals surface area contributed by atoms with Crippen LogP contribution in [0.25, 0.3) is 0 Å². The molecule has 5 nitrogen and oxygen atoms in total. The molecule has 18 heavy (non-hydrogen) atoms. The first-order valence-electron chi connectivity index (χ1n) is 6.12. The maximum absolute atomic E-state index is 11.5. The third kappa shape index (κ3) is 2.01. The van der Waals surface area contributed by atoms with Crippen molar-refractivity contribution in [2.24, 2.45) is 11.7 Å². The maximum Gasteiger partial charge on any atom is 0.250 e. The number of nitrogens with zero attached hydrogens (tertiary/aromatic N) is 1. The second kappa shape index (κ2) is 4.86. The van der Waals surface area contributed by atoms with Crippen LogP contribution in [-0.4, -0.2) is 30.2 Å². The van der Waals surface area contributed by atoms with E-state index in [4.69, 9.17) is 11.5 Å². The summed E-state index contributed by atoms with van der Waals surface area (Å²) in [5.41, 5.74) is 13.0. The Kier molecular flexibility index (Phi) is 3.43. The Morgan fingerprint density at radius 3 is 2.89 bits per heavy atom. The van der Waals surface area contributed by atoms with E-state index in [9.17, 15) is 9.90 Å². The fourth-order valence-corrected chi connectivity index (χ4v) is 2.64. The molecule has 0 bridgehead atoms. The predicted molar refractivity (Wildman–Crippen MR) is 71.4 cm³/mol. The zero-order valence-electron chi connectivity index (χ0n) is 10.5. The smallest absolute Gasteiger partial charge is 0.250 e. The summed E-state index contributed by atoms with van der Waals surface area (Å²) in [7, 11) is 0. The number of anilines is 2. The van der Waals surface area contributed by atoms with E-state index >= 15 is 0 Å². The van der Waals surface area contributed by atoms with Crippen LogP contribution < -0.4 is 16.4 Å². The number of benzene rings is 1. The Hall–Kier alpha value is -1.75. The lowest BCUT2D eigenvalue weighted by molar-refractivity contribution is 0.100. The Balaban J connectivity index is 2.47. The number of carbonyl (C=O) groups excluding carboxylic acids is 1. The number of para-hydroxylation sites is 1. The molecule has 0 aliphatic carbocycles. The van der Waals surface area contributed by atoms with Gasteiger partial charge in [-0.1, -0.05) is 13.0 Å². The van der Waals surface area contributed by atoms with Gasteiger partial charge in [0.15, 0.2) is 0 Å². The Bertz CT molecular complexity index is 462. The van der Waals surface area contributed by atoms with Crippen LogP contribution in [0, 0.1) is 5.92 Å². The van der Waals surface area contributed by atoms with Gasteiger partial charge in [-0.3, -0.25) is 4.79 Å². The number of carbonyl (C=O) groups is 1. The second-order valence-corrected chi connectivity index (χ2v) is 4.82. The van der Waals surface area contributed by atoms with Gasteiger partial charge in [0, 0.05) is 6.54 Å². The first-order valence-corrected chi connectivity index (χ1v) is 6.12. The summed E-state index contributed by atoms with van der Waals surface area (Å²) >= 11 is 0. The highest BCUT2D eigenvalue weighted by molar-refractivity contribution is 6.01. The molecule has 5 heteroatoms. The van der Waals surface area contributed by atoms with Crippen molar-refractivity contribution < 1.29 is 9.90 Å². The van der Waals surface area contributed by atoms with E-state index < -0.39 is 5.91 Å². The van der Waals surface area contributed by atoms with Gasteiger partial charge in [0.2, 0.25) is 0 Å². The van der Waals surface area contributed by atoms with Gasteiger partial charge >= 0.3 is 0 Å². The number of nitrogens with two attached hydrogens (primary N) is 2. The average Bonchev–Trinajstić information content (AvgIpc) is 2.69. The second-order valence-electron chi connectivity index (χ2n) is 4.82. The van der Waals surface area contributed by atoms with Crippen molar-refractivity contribution in [3.05, 3.63) is 23.8 Å². The molecular formula is C13H19N3O2. The van der Waals surface area contributed by atoms with Gasteiger partial charge in [0.05, 0.1) is 29.6 Å². The fourth-order valence-electron chi connectivity index (χ4n) is 2.64. The number of amides is 1. The van der Waals surface area contributed by atoms with E-state index in [1.165, 1.54) is 0 Å². The summed E-state index contributed by atoms with van der Waals surface area (Å²) in [4.78, 5) is 13.5. The zero-order chi connectivity index (χ0) is 13.3. The van der Waals surface area contributed by atoms with Crippen molar-refractivity contribution in [2.45, 2.75) is 19.4 Å². The molecule has 1 aromatic carbocycles. The summed E-state index contributed by atoms with van der Waals surface area (Å²) in [6.07, 6.45) is 0.970. The quantitative estimate of drug-likeness (QED) is 0.683. The van der Waals surface area contributed by atoms with Crippen LogP contribution in [0.1, 0.15) is 23.7 Å². The number of hydrogen-bond donors (Lipinski definition) is 3. The molecule has 0 saturated carbocycles. The van der Waals surface area contributed by atoms with E-state index in [2.05, 4.69) is 6.92 Å². The highest BCUT2D eigenvalue weighted by Crippen LogP contribution is 2.35. The number of aliphatic hydroxyl groups excluding tert-OH is 1. The molecule has 1 heterocycles. The number of aliphatic hydroxyl groups is 1. The number of nitrogen functional groups attached to an aromatic ring is 1. The normalized spacial score (nSPS) is 23.3. The number of primary amides is 1. The molecule has 1 aromatic rings. The highest BCUT2D eigenvalue weighted by Gasteiger charge is 2.33. The summed E-state index contributed by atoms with van der Waals surface area (Å²) in [5, 5.41) is 9.49. The molecule has 1 aliphatic rings. The van der Waals surface area contributed by atoms with E-state index in [0.29, 0.717) is 22.9 Å². The molecule has 2 unspecified atom stereocenters. The van der Waals surface area contributed by atoms with Gasteiger partial charge in [-0.15, -0.1) is 0 Å². The van der Waals surface area contributed by atoms with Crippen LogP contribution in [0.2, 0.25) is 0 Å². The molecule has 2 atom stereocenters. The standard InChI is InChI=1S/C13H19N3O2/c1-8-5-6-16(11(8)7-17)12-9(13(15)18)3-2-4-10(12)14/h2-4,8,11,17H,5-7,14H2,1H3,(H2,15,18). The van der Waals surface area contributed by atoms with Crippen LogP contribution in [-0.2, 0) is 0 Å². The summed E-state index contributed by atoms with van der Waals surface area (Å²) in [6, 6.07) is 5.13. The topological polar surface area (TPSA) is 92.6 Å². The van der Waals surface area contributed by atoms with E-state index in [0.717, 1.165) is 13.0 Å². The summed E-state index contributed by atoms with van der Waals surface area (Å²) in [6.45, 7) is 2.92. The third-order valence-corrected chi connectivity index (χ3v) is 3.69. The van der Waals surface area contributed by atoms with Crippen LogP contribution >= 0.6 is 0 Å². The minimum absolute atomic E-state index is 0.00667. The predicted octanol–water partition coefficient (Wildman–Crippen LogP) is 0.575. The Labute approximate surface area is 106 Å². The lowest BCUT2D eigenvalue weighted by atomic mass is 10.0. The fraction of sp³-hybridized carbons (Fsp3) is 0.462. The van der Waals surface area contributed by atoms with E-state index in [-0.39, 0.29) is 12.6 Å². The zero-order valence-corrected chi connectivity index (χ0v) is 10.5. The monoisotopic (exact) mass is 249 g/mol. The number of rotatable bonds is 3. The Morgan fingerprint density at radius 2 is 2.28 bits per heavy atom. The molecule has 1 saturated heterocycles. The third-order valence-electron chi connectivity index (χ3n) is 3.69. The number of hydrogen-bond acceptors (Lipinski definition) is 4. The molecular weight excluding hydrogens is 230 g/mol. The van der Waals surface area contributed by atoms with Crippen LogP contribution in [0.5, 0.6) is 0 Å². The van der Waals surface area contributed by atoms with Crippen molar-refractivity contribution in [2.75, 3.05) is 23.8 Å². The van der Waals surface area contributed by atoms with Crippen molar-refractivity contribution in [3.8, 4) is 0 Å². The van der Waals surface area contributed by atoms with E-state index in [1.54, 1.807) is 18.2 Å². The van der Waals surface area contributed by atoms with Crippen molar-refractivity contribution in [3.63, 3.8) is 0 Å². The van der Waals surface area contributed by atoms with E-state index in [1.807, 2.05) is 4.90 Å². The molecule has 1 amide bonds. The minimum atomic E-state index is -0.492. The molecule has 0 aromatic heterocycles. The lowest BCUT2D eigenvalue weighted by Gasteiger charge is -2.29. The molecule has 0 spiro atoms. The first kappa shape index (κ1) is 12.7. The van der Waals surface area contributed by atoms with Gasteiger partial charge in [-0.2, -0.15) is 0 Å². The minimum Gasteiger partial charge on any atom is -0.397 e. The molecule has 0 radical (unpaired) electrons. The SMILES string of the molecule is CC1CCN(c2c(N)cccc2C(N)=O)C1CO. The molecule has 1 fully saturated rings. The van der Waals surface area contributed by atoms with Crippen molar-refractivity contribution >= 4 is 17.3 Å². The first-order chi connectivity index (χ1) is 8.56. The van der Waals surface area contributed by atoms with Crippen molar-refractivity contribution in [1.82, 2.24) is 0 Å². The van der Waals surface area contributed by atoms with Gasteiger partial charge in [0.1, 0.15) is 0 Å². The largest absolute Gasteiger partial charge is 0.397 e. The van der Waals surface area contributed by atoms with Crippen molar-refractivity contribution in [1.29, 1.82) is 0 Å². The molecule has 98 valence electrons. The van der Waals surface area contributed by atoms with Gasteiger partial charge in [-0.05, 0) is 24.5 Å². The van der Waals surface area contributed by atoms with Crippen LogP contribution in [0.3, 0.4) is 0 Å². The van der Waals surface area contributed by atoms with Gasteiger partial charge in [0.25, 0.3) is 5.91 Å². The molecule has 2 rings (SSSR count). The van der Waals surface area contributed by atoms with Gasteiger partial charge in [-0.25, -0.2) is 0 Å². The summed E-state index contributed by atoms with van der Waals surface area (Å²) in [5.74, 6) is -0.121. The maximum atomic E-state index is 11.5. The Morgan fingerprint density at radius 1 is 1.56 bits per heavy atom. The van der Waals surface area contributed by atoms with Gasteiger partial charge < -0.3 is 21.5 Å². The molecule has 5 N–H and O–H groups in total. The van der Waals surface area contributed by atoms with Crippen LogP contribution in [0.4, 0.5) is 11.4 Å². The average molecular weight is 249 g/mol. The van der Waals surface area contributed by atoms with Crippen LogP contribution in [0.15, 0.2) is 18.2 Å². The summed E-state index contributed by atoms with van der Waals surface area (Å²) < 4.78 is 0.